The second kappa shape index (κ2) is 5.69. The molecule has 0 amide bonds. The van der Waals surface area contributed by atoms with Crippen LogP contribution in [0.4, 0.5) is 0 Å². The molecule has 0 aliphatic heterocycles. The maximum Gasteiger partial charge on any atom is 0.312 e. The van der Waals surface area contributed by atoms with E-state index >= 15 is 0 Å². The molecule has 1 saturated carbocycles. The Morgan fingerprint density at radius 1 is 0.950 bits per heavy atom. The van der Waals surface area contributed by atoms with E-state index in [1.54, 1.807) is 0 Å². The average molecular weight is 282 g/mol. The van der Waals surface area contributed by atoms with Crippen molar-refractivity contribution in [1.29, 1.82) is 0 Å². The topological polar surface area (TPSA) is 26.3 Å². The number of carbonyl (C=O) groups excluding carboxylic acids is 1. The van der Waals surface area contributed by atoms with E-state index in [-0.39, 0.29) is 17.5 Å². The summed E-state index contributed by atoms with van der Waals surface area (Å²) in [6, 6.07) is 0. The third kappa shape index (κ3) is 3.99. The van der Waals surface area contributed by atoms with Gasteiger partial charge >= 0.3 is 5.97 Å². The molecule has 1 rings (SSSR count). The summed E-state index contributed by atoms with van der Waals surface area (Å²) in [7, 11) is 0. The van der Waals surface area contributed by atoms with Gasteiger partial charge in [0.2, 0.25) is 0 Å². The summed E-state index contributed by atoms with van der Waals surface area (Å²) < 4.78 is 5.87. The first-order chi connectivity index (χ1) is 8.85. The molecule has 1 aliphatic carbocycles. The Labute approximate surface area is 125 Å². The molecule has 0 aromatic carbocycles. The van der Waals surface area contributed by atoms with Crippen molar-refractivity contribution in [3.63, 3.8) is 0 Å². The fourth-order valence-corrected chi connectivity index (χ4v) is 2.64. The molecule has 2 atom stereocenters. The summed E-state index contributed by atoms with van der Waals surface area (Å²) in [6.45, 7) is 17.2. The van der Waals surface area contributed by atoms with Crippen molar-refractivity contribution in [2.45, 2.75) is 87.2 Å². The first kappa shape index (κ1) is 17.5. The third-order valence-corrected chi connectivity index (χ3v) is 5.51. The van der Waals surface area contributed by atoms with Crippen LogP contribution in [0.25, 0.3) is 0 Å². The van der Waals surface area contributed by atoms with Gasteiger partial charge in [0, 0.05) is 0 Å². The molecular formula is C18H34O2. The van der Waals surface area contributed by atoms with Gasteiger partial charge in [0.1, 0.15) is 6.10 Å². The highest BCUT2D eigenvalue weighted by molar-refractivity contribution is 5.77. The molecule has 2 heteroatoms. The van der Waals surface area contributed by atoms with E-state index in [0.29, 0.717) is 11.3 Å². The van der Waals surface area contributed by atoms with Gasteiger partial charge in [-0.05, 0) is 56.3 Å². The molecule has 0 saturated heterocycles. The Hall–Kier alpha value is -0.530. The minimum absolute atomic E-state index is 0.0374. The summed E-state index contributed by atoms with van der Waals surface area (Å²) in [5.74, 6) is 0.622. The maximum atomic E-state index is 12.5. The first-order valence-electron chi connectivity index (χ1n) is 8.07. The summed E-state index contributed by atoms with van der Waals surface area (Å²) in [6.07, 6.45) is 4.60. The van der Waals surface area contributed by atoms with Crippen LogP contribution >= 0.6 is 0 Å². The second-order valence-electron chi connectivity index (χ2n) is 9.13. The maximum absolute atomic E-state index is 12.5. The summed E-state index contributed by atoms with van der Waals surface area (Å²) in [5.41, 5.74) is -0.214. The zero-order valence-corrected chi connectivity index (χ0v) is 14.8. The lowest BCUT2D eigenvalue weighted by Crippen LogP contribution is -2.42. The molecule has 0 spiro atoms. The van der Waals surface area contributed by atoms with Gasteiger partial charge in [0.15, 0.2) is 0 Å². The zero-order chi connectivity index (χ0) is 15.8. The van der Waals surface area contributed by atoms with Gasteiger partial charge < -0.3 is 4.74 Å². The molecule has 0 bridgehead atoms. The van der Waals surface area contributed by atoms with Gasteiger partial charge in [-0.25, -0.2) is 0 Å². The van der Waals surface area contributed by atoms with Gasteiger partial charge in [0.05, 0.1) is 5.41 Å². The molecular weight excluding hydrogens is 248 g/mol. The lowest BCUT2D eigenvalue weighted by Gasteiger charge is -2.40. The van der Waals surface area contributed by atoms with E-state index in [1.807, 2.05) is 13.8 Å². The van der Waals surface area contributed by atoms with Crippen LogP contribution in [-0.4, -0.2) is 12.1 Å². The van der Waals surface area contributed by atoms with Crippen molar-refractivity contribution < 1.29 is 9.53 Å². The Bertz CT molecular complexity index is 341. The van der Waals surface area contributed by atoms with E-state index in [0.717, 1.165) is 12.8 Å². The minimum atomic E-state index is -0.443. The number of ether oxygens (including phenoxy) is 1. The Morgan fingerprint density at radius 2 is 1.50 bits per heavy atom. The largest absolute Gasteiger partial charge is 0.462 e. The molecule has 2 unspecified atom stereocenters. The Balaban J connectivity index is 2.67. The Morgan fingerprint density at radius 3 is 1.95 bits per heavy atom. The monoisotopic (exact) mass is 282 g/mol. The van der Waals surface area contributed by atoms with Crippen LogP contribution in [0.1, 0.15) is 81.1 Å². The van der Waals surface area contributed by atoms with Crippen LogP contribution in [0, 0.1) is 22.2 Å². The molecule has 2 nitrogen and oxygen atoms in total. The molecule has 20 heavy (non-hydrogen) atoms. The van der Waals surface area contributed by atoms with Gasteiger partial charge in [-0.3, -0.25) is 4.79 Å². The second-order valence-corrected chi connectivity index (χ2v) is 9.13. The molecule has 1 fully saturated rings. The minimum Gasteiger partial charge on any atom is -0.462 e. The SMILES string of the molecule is CC(C)(C)C1CCCC(OC(=O)C(C)(C)C(C)(C)C)C1. The van der Waals surface area contributed by atoms with Crippen molar-refractivity contribution in [2.75, 3.05) is 0 Å². The van der Waals surface area contributed by atoms with Crippen molar-refractivity contribution >= 4 is 5.97 Å². The van der Waals surface area contributed by atoms with Crippen LogP contribution in [0.3, 0.4) is 0 Å². The highest BCUT2D eigenvalue weighted by Crippen LogP contribution is 2.42. The van der Waals surface area contributed by atoms with E-state index in [4.69, 9.17) is 4.74 Å². The third-order valence-electron chi connectivity index (χ3n) is 5.51. The van der Waals surface area contributed by atoms with E-state index < -0.39 is 5.41 Å². The normalized spacial score (nSPS) is 25.4. The fraction of sp³-hybridized carbons (Fsp3) is 0.944. The lowest BCUT2D eigenvalue weighted by molar-refractivity contribution is -0.169. The Kier molecular flexibility index (Phi) is 4.99. The lowest BCUT2D eigenvalue weighted by atomic mass is 9.69. The van der Waals surface area contributed by atoms with Crippen molar-refractivity contribution in [3.8, 4) is 0 Å². The van der Waals surface area contributed by atoms with Gasteiger partial charge in [-0.15, -0.1) is 0 Å². The first-order valence-corrected chi connectivity index (χ1v) is 8.07. The van der Waals surface area contributed by atoms with Gasteiger partial charge in [-0.1, -0.05) is 41.5 Å². The van der Waals surface area contributed by atoms with Crippen molar-refractivity contribution in [3.05, 3.63) is 0 Å². The van der Waals surface area contributed by atoms with Crippen LogP contribution in [-0.2, 0) is 9.53 Å². The highest BCUT2D eigenvalue weighted by atomic mass is 16.5. The summed E-state index contributed by atoms with van der Waals surface area (Å²) >= 11 is 0. The average Bonchev–Trinajstić information content (AvgIpc) is 2.26. The number of hydrogen-bond acceptors (Lipinski definition) is 2. The van der Waals surface area contributed by atoms with E-state index in [9.17, 15) is 4.79 Å². The van der Waals surface area contributed by atoms with E-state index in [2.05, 4.69) is 41.5 Å². The van der Waals surface area contributed by atoms with Crippen molar-refractivity contribution in [1.82, 2.24) is 0 Å². The zero-order valence-electron chi connectivity index (χ0n) is 14.8. The number of rotatable bonds is 2. The number of carbonyl (C=O) groups is 1. The fourth-order valence-electron chi connectivity index (χ4n) is 2.64. The molecule has 0 aromatic heterocycles. The quantitative estimate of drug-likeness (QED) is 0.650. The van der Waals surface area contributed by atoms with E-state index in [1.165, 1.54) is 12.8 Å². The van der Waals surface area contributed by atoms with Crippen LogP contribution < -0.4 is 0 Å². The molecule has 1 aliphatic rings. The van der Waals surface area contributed by atoms with Gasteiger partial charge in [-0.2, -0.15) is 0 Å². The van der Waals surface area contributed by atoms with Crippen LogP contribution in [0.2, 0.25) is 0 Å². The van der Waals surface area contributed by atoms with Crippen molar-refractivity contribution in [2.24, 2.45) is 22.2 Å². The summed E-state index contributed by atoms with van der Waals surface area (Å²) in [4.78, 5) is 12.5. The molecule has 0 heterocycles. The smallest absolute Gasteiger partial charge is 0.312 e. The predicted molar refractivity (Wildman–Crippen MR) is 84.5 cm³/mol. The predicted octanol–water partition coefficient (Wildman–Crippen LogP) is 5.21. The summed E-state index contributed by atoms with van der Waals surface area (Å²) in [5, 5.41) is 0. The highest BCUT2D eigenvalue weighted by Gasteiger charge is 2.43. The molecule has 118 valence electrons. The standard InChI is InChI=1S/C18H34O2/c1-16(2,3)13-10-9-11-14(12-13)20-15(19)18(7,8)17(4,5)6/h13-14H,9-12H2,1-8H3. The van der Waals surface area contributed by atoms with Gasteiger partial charge in [0.25, 0.3) is 0 Å². The molecule has 0 radical (unpaired) electrons. The van der Waals surface area contributed by atoms with Crippen LogP contribution in [0.15, 0.2) is 0 Å². The molecule has 0 N–H and O–H groups in total. The number of esters is 1. The molecule has 0 aromatic rings. The van der Waals surface area contributed by atoms with Crippen LogP contribution in [0.5, 0.6) is 0 Å². The number of hydrogen-bond donors (Lipinski definition) is 0.